The number of amides is 2. The smallest absolute Gasteiger partial charge is 0.321 e. The first-order valence-corrected chi connectivity index (χ1v) is 6.05. The summed E-state index contributed by atoms with van der Waals surface area (Å²) in [4.78, 5) is 21.4. The Hall–Kier alpha value is -2.14. The highest BCUT2D eigenvalue weighted by atomic mass is 35.5. The molecule has 0 aliphatic rings. The van der Waals surface area contributed by atoms with Crippen LogP contribution in [0.4, 0.5) is 10.5 Å². The lowest BCUT2D eigenvalue weighted by Gasteiger charge is -2.17. The van der Waals surface area contributed by atoms with E-state index in [-0.39, 0.29) is 6.03 Å². The molecule has 0 fully saturated rings. The number of urea groups is 1. The molecule has 0 saturated carbocycles. The third-order valence-electron chi connectivity index (χ3n) is 2.47. The number of carbonyl (C=O) groups is 1. The van der Waals surface area contributed by atoms with Crippen molar-refractivity contribution >= 4 is 23.3 Å². The van der Waals surface area contributed by atoms with Gasteiger partial charge in [-0.15, -0.1) is 0 Å². The summed E-state index contributed by atoms with van der Waals surface area (Å²) >= 11 is 5.71. The number of hydrogen-bond acceptors (Lipinski definition) is 3. The van der Waals surface area contributed by atoms with Crippen LogP contribution in [0.3, 0.4) is 0 Å². The second-order valence-electron chi connectivity index (χ2n) is 4.02. The number of carbonyl (C=O) groups excluding carboxylic acids is 1. The van der Waals surface area contributed by atoms with Crippen LogP contribution in [0.1, 0.15) is 5.56 Å². The van der Waals surface area contributed by atoms with Gasteiger partial charge in [0.05, 0.1) is 11.9 Å². The van der Waals surface area contributed by atoms with Crippen molar-refractivity contribution in [3.63, 3.8) is 0 Å². The molecule has 0 atom stereocenters. The second kappa shape index (κ2) is 6.15. The zero-order chi connectivity index (χ0) is 13.7. The van der Waals surface area contributed by atoms with Gasteiger partial charge in [-0.05, 0) is 23.8 Å². The molecule has 98 valence electrons. The summed E-state index contributed by atoms with van der Waals surface area (Å²) in [5, 5.41) is 3.19. The molecule has 2 amide bonds. The van der Waals surface area contributed by atoms with Crippen LogP contribution in [0, 0.1) is 0 Å². The lowest BCUT2D eigenvalue weighted by atomic mass is 10.3. The van der Waals surface area contributed by atoms with Gasteiger partial charge < -0.3 is 10.2 Å². The zero-order valence-corrected chi connectivity index (χ0v) is 11.1. The fourth-order valence-electron chi connectivity index (χ4n) is 1.50. The molecule has 2 aromatic heterocycles. The minimum absolute atomic E-state index is 0.206. The highest BCUT2D eigenvalue weighted by Crippen LogP contribution is 2.09. The second-order valence-corrected chi connectivity index (χ2v) is 4.40. The molecule has 19 heavy (non-hydrogen) atoms. The fraction of sp³-hybridized carbons (Fsp3) is 0.154. The van der Waals surface area contributed by atoms with Gasteiger partial charge in [-0.3, -0.25) is 4.98 Å². The van der Waals surface area contributed by atoms with Crippen LogP contribution in [0.5, 0.6) is 0 Å². The lowest BCUT2D eigenvalue weighted by Crippen LogP contribution is -2.30. The summed E-state index contributed by atoms with van der Waals surface area (Å²) < 4.78 is 0. The summed E-state index contributed by atoms with van der Waals surface area (Å²) in [5.74, 6) is 0. The summed E-state index contributed by atoms with van der Waals surface area (Å²) in [6.45, 7) is 0.455. The third-order valence-corrected chi connectivity index (χ3v) is 2.69. The third kappa shape index (κ3) is 3.93. The van der Waals surface area contributed by atoms with Gasteiger partial charge in [-0.2, -0.15) is 0 Å². The SMILES string of the molecule is CN(Cc1ccc(Cl)nc1)C(=O)Nc1cccnc1. The van der Waals surface area contributed by atoms with E-state index in [2.05, 4.69) is 15.3 Å². The number of halogens is 1. The standard InChI is InChI=1S/C13H13ClN4O/c1-18(9-10-4-5-12(14)16-7-10)13(19)17-11-3-2-6-15-8-11/h2-8H,9H2,1H3,(H,17,19). The van der Waals surface area contributed by atoms with Gasteiger partial charge in [0.15, 0.2) is 0 Å². The number of pyridine rings is 2. The number of anilines is 1. The Morgan fingerprint density at radius 3 is 2.84 bits per heavy atom. The maximum absolute atomic E-state index is 11.9. The molecule has 0 aromatic carbocycles. The average Bonchev–Trinajstić information content (AvgIpc) is 2.42. The highest BCUT2D eigenvalue weighted by Gasteiger charge is 2.09. The predicted molar refractivity (Wildman–Crippen MR) is 74.0 cm³/mol. The molecule has 0 unspecified atom stereocenters. The molecular formula is C13H13ClN4O. The highest BCUT2D eigenvalue weighted by molar-refractivity contribution is 6.29. The Bertz CT molecular complexity index is 544. The molecular weight excluding hydrogens is 264 g/mol. The molecule has 0 spiro atoms. The minimum atomic E-state index is -0.206. The number of aromatic nitrogens is 2. The average molecular weight is 277 g/mol. The molecule has 0 saturated heterocycles. The van der Waals surface area contributed by atoms with E-state index in [1.807, 2.05) is 6.07 Å². The van der Waals surface area contributed by atoms with Gasteiger partial charge in [0.1, 0.15) is 5.15 Å². The Balaban J connectivity index is 1.94. The molecule has 1 N–H and O–H groups in total. The summed E-state index contributed by atoms with van der Waals surface area (Å²) in [6.07, 6.45) is 4.89. The van der Waals surface area contributed by atoms with E-state index in [1.54, 1.807) is 48.7 Å². The normalized spacial score (nSPS) is 10.0. The van der Waals surface area contributed by atoms with Gasteiger partial charge in [-0.1, -0.05) is 17.7 Å². The van der Waals surface area contributed by atoms with Gasteiger partial charge >= 0.3 is 6.03 Å². The van der Waals surface area contributed by atoms with Crippen molar-refractivity contribution in [2.75, 3.05) is 12.4 Å². The maximum Gasteiger partial charge on any atom is 0.321 e. The van der Waals surface area contributed by atoms with E-state index < -0.39 is 0 Å². The van der Waals surface area contributed by atoms with Crippen molar-refractivity contribution in [2.24, 2.45) is 0 Å². The van der Waals surface area contributed by atoms with Gasteiger partial charge in [0.25, 0.3) is 0 Å². The fourth-order valence-corrected chi connectivity index (χ4v) is 1.61. The Morgan fingerprint density at radius 2 is 2.21 bits per heavy atom. The maximum atomic E-state index is 11.9. The van der Waals surface area contributed by atoms with Gasteiger partial charge in [0.2, 0.25) is 0 Å². The molecule has 0 bridgehead atoms. The van der Waals surface area contributed by atoms with Gasteiger partial charge in [-0.25, -0.2) is 9.78 Å². The van der Waals surface area contributed by atoms with Gasteiger partial charge in [0, 0.05) is 26.0 Å². The van der Waals surface area contributed by atoms with E-state index in [1.165, 1.54) is 0 Å². The lowest BCUT2D eigenvalue weighted by molar-refractivity contribution is 0.220. The molecule has 0 aliphatic carbocycles. The zero-order valence-electron chi connectivity index (χ0n) is 10.4. The number of nitrogens with one attached hydrogen (secondary N) is 1. The topological polar surface area (TPSA) is 58.1 Å². The van der Waals surface area contributed by atoms with Crippen LogP contribution in [0.25, 0.3) is 0 Å². The Morgan fingerprint density at radius 1 is 1.37 bits per heavy atom. The van der Waals surface area contributed by atoms with Crippen molar-refractivity contribution in [3.05, 3.63) is 53.6 Å². The van der Waals surface area contributed by atoms with E-state index >= 15 is 0 Å². The summed E-state index contributed by atoms with van der Waals surface area (Å²) in [6, 6.07) is 6.87. The van der Waals surface area contributed by atoms with Crippen LogP contribution < -0.4 is 5.32 Å². The largest absolute Gasteiger partial charge is 0.323 e. The van der Waals surface area contributed by atoms with Crippen molar-refractivity contribution in [1.29, 1.82) is 0 Å². The van der Waals surface area contributed by atoms with Crippen LogP contribution in [0.15, 0.2) is 42.9 Å². The minimum Gasteiger partial charge on any atom is -0.323 e. The Kier molecular flexibility index (Phi) is 4.30. The van der Waals surface area contributed by atoms with Crippen molar-refractivity contribution in [3.8, 4) is 0 Å². The van der Waals surface area contributed by atoms with Crippen molar-refractivity contribution in [1.82, 2.24) is 14.9 Å². The van der Waals surface area contributed by atoms with E-state index in [9.17, 15) is 4.79 Å². The van der Waals surface area contributed by atoms with E-state index in [4.69, 9.17) is 11.6 Å². The van der Waals surface area contributed by atoms with Crippen molar-refractivity contribution in [2.45, 2.75) is 6.54 Å². The van der Waals surface area contributed by atoms with Crippen LogP contribution in [-0.2, 0) is 6.54 Å². The molecule has 6 heteroatoms. The first-order valence-electron chi connectivity index (χ1n) is 5.68. The van der Waals surface area contributed by atoms with E-state index in [0.29, 0.717) is 17.4 Å². The first kappa shape index (κ1) is 13.3. The van der Waals surface area contributed by atoms with E-state index in [0.717, 1.165) is 5.56 Å². The van der Waals surface area contributed by atoms with Crippen LogP contribution in [-0.4, -0.2) is 27.9 Å². The van der Waals surface area contributed by atoms with Crippen molar-refractivity contribution < 1.29 is 4.79 Å². The number of hydrogen-bond donors (Lipinski definition) is 1. The monoisotopic (exact) mass is 276 g/mol. The molecule has 2 rings (SSSR count). The first-order chi connectivity index (χ1) is 9.15. The predicted octanol–water partition coefficient (Wildman–Crippen LogP) is 2.79. The quantitative estimate of drug-likeness (QED) is 0.877. The van der Waals surface area contributed by atoms with Crippen LogP contribution in [0.2, 0.25) is 5.15 Å². The molecule has 0 radical (unpaired) electrons. The summed E-state index contributed by atoms with van der Waals surface area (Å²) in [5.41, 5.74) is 1.57. The summed E-state index contributed by atoms with van der Waals surface area (Å²) in [7, 11) is 1.71. The molecule has 5 nitrogen and oxygen atoms in total. The number of nitrogens with zero attached hydrogens (tertiary/aromatic N) is 3. The Labute approximate surface area is 116 Å². The molecule has 2 heterocycles. The molecule has 0 aliphatic heterocycles. The number of rotatable bonds is 3. The van der Waals surface area contributed by atoms with Crippen LogP contribution >= 0.6 is 11.6 Å². The molecule has 2 aromatic rings.